The molecule has 0 aliphatic carbocycles. The topological polar surface area (TPSA) is 80.3 Å². The van der Waals surface area contributed by atoms with Gasteiger partial charge in [0, 0.05) is 19.3 Å². The van der Waals surface area contributed by atoms with Gasteiger partial charge in [0.25, 0.3) is 0 Å². The van der Waals surface area contributed by atoms with Gasteiger partial charge in [-0.25, -0.2) is 18.1 Å². The Bertz CT molecular complexity index is 574. The Balaban J connectivity index is 2.12. The maximum absolute atomic E-state index is 12.4. The zero-order valence-corrected chi connectivity index (χ0v) is 13.5. The van der Waals surface area contributed by atoms with Gasteiger partial charge in [-0.2, -0.15) is 0 Å². The summed E-state index contributed by atoms with van der Waals surface area (Å²) in [4.78, 5) is 4.31. The average molecular weight is 313 g/mol. The van der Waals surface area contributed by atoms with E-state index < -0.39 is 15.6 Å². The number of anilines is 1. The third kappa shape index (κ3) is 3.72. The van der Waals surface area contributed by atoms with E-state index in [1.807, 2.05) is 13.8 Å². The van der Waals surface area contributed by atoms with Crippen LogP contribution in [0.3, 0.4) is 0 Å². The first kappa shape index (κ1) is 16.2. The molecule has 118 valence electrons. The molecule has 2 heterocycles. The summed E-state index contributed by atoms with van der Waals surface area (Å²) in [6.07, 6.45) is 2.88. The van der Waals surface area contributed by atoms with Crippen LogP contribution in [0, 0.1) is 0 Å². The highest BCUT2D eigenvalue weighted by molar-refractivity contribution is 7.89. The van der Waals surface area contributed by atoms with Crippen LogP contribution < -0.4 is 10.0 Å². The van der Waals surface area contributed by atoms with Crippen LogP contribution in [0.5, 0.6) is 0 Å². The summed E-state index contributed by atoms with van der Waals surface area (Å²) in [5, 5.41) is 3.11. The zero-order chi connectivity index (χ0) is 15.5. The molecule has 2 unspecified atom stereocenters. The first-order chi connectivity index (χ1) is 9.87. The molecule has 1 aromatic heterocycles. The van der Waals surface area contributed by atoms with Crippen LogP contribution in [-0.4, -0.2) is 38.2 Å². The number of aromatic nitrogens is 1. The van der Waals surface area contributed by atoms with Crippen molar-refractivity contribution in [3.8, 4) is 0 Å². The van der Waals surface area contributed by atoms with Crippen LogP contribution in [0.15, 0.2) is 23.2 Å². The van der Waals surface area contributed by atoms with Crippen molar-refractivity contribution in [2.45, 2.75) is 50.2 Å². The summed E-state index contributed by atoms with van der Waals surface area (Å²) in [5.41, 5.74) is -0.571. The number of hydrogen-bond acceptors (Lipinski definition) is 5. The van der Waals surface area contributed by atoms with Gasteiger partial charge in [-0.15, -0.1) is 0 Å². The predicted molar refractivity (Wildman–Crippen MR) is 81.8 cm³/mol. The molecular formula is C14H23N3O3S. The van der Waals surface area contributed by atoms with E-state index in [0.717, 1.165) is 13.0 Å². The number of rotatable bonds is 6. The van der Waals surface area contributed by atoms with Crippen molar-refractivity contribution in [3.05, 3.63) is 18.3 Å². The summed E-state index contributed by atoms with van der Waals surface area (Å²) in [6.45, 7) is 7.18. The highest BCUT2D eigenvalue weighted by Gasteiger charge is 2.40. The minimum absolute atomic E-state index is 0.147. The Hall–Kier alpha value is -1.18. The van der Waals surface area contributed by atoms with E-state index in [1.54, 1.807) is 12.1 Å². The fourth-order valence-corrected chi connectivity index (χ4v) is 3.67. The second-order valence-corrected chi connectivity index (χ2v) is 7.27. The van der Waals surface area contributed by atoms with E-state index in [2.05, 4.69) is 21.9 Å². The third-order valence-corrected chi connectivity index (χ3v) is 5.45. The Morgan fingerprint density at radius 2 is 2.24 bits per heavy atom. The number of hydrogen-bond donors (Lipinski definition) is 2. The molecule has 2 atom stereocenters. The molecule has 0 amide bonds. The number of ether oxygens (including phenoxy) is 1. The van der Waals surface area contributed by atoms with Gasteiger partial charge in [0.1, 0.15) is 10.7 Å². The zero-order valence-electron chi connectivity index (χ0n) is 12.7. The van der Waals surface area contributed by atoms with Crippen molar-refractivity contribution < 1.29 is 13.2 Å². The molecule has 0 saturated carbocycles. The summed E-state index contributed by atoms with van der Waals surface area (Å²) < 4.78 is 33.1. The molecule has 1 saturated heterocycles. The molecule has 7 heteroatoms. The van der Waals surface area contributed by atoms with E-state index in [1.165, 1.54) is 6.20 Å². The van der Waals surface area contributed by atoms with Crippen molar-refractivity contribution >= 4 is 15.8 Å². The fraction of sp³-hybridized carbons (Fsp3) is 0.643. The van der Waals surface area contributed by atoms with Crippen molar-refractivity contribution in [1.29, 1.82) is 0 Å². The van der Waals surface area contributed by atoms with E-state index in [0.29, 0.717) is 18.8 Å². The minimum Gasteiger partial charge on any atom is -0.376 e. The maximum Gasteiger partial charge on any atom is 0.242 e. The van der Waals surface area contributed by atoms with E-state index >= 15 is 0 Å². The van der Waals surface area contributed by atoms with Crippen LogP contribution in [0.2, 0.25) is 0 Å². The molecule has 0 aromatic carbocycles. The second-order valence-electron chi connectivity index (χ2n) is 5.59. The molecule has 6 nitrogen and oxygen atoms in total. The van der Waals surface area contributed by atoms with Crippen LogP contribution in [0.4, 0.5) is 5.82 Å². The molecule has 1 aliphatic rings. The highest BCUT2D eigenvalue weighted by atomic mass is 32.2. The van der Waals surface area contributed by atoms with Crippen LogP contribution in [-0.2, 0) is 14.8 Å². The van der Waals surface area contributed by atoms with Crippen LogP contribution in [0.25, 0.3) is 0 Å². The van der Waals surface area contributed by atoms with Gasteiger partial charge in [-0.3, -0.25) is 0 Å². The SMILES string of the molecule is CCCNc1ccc(S(=O)(=O)NC2(C)CCOC2C)cn1. The van der Waals surface area contributed by atoms with Crippen LogP contribution >= 0.6 is 0 Å². The largest absolute Gasteiger partial charge is 0.376 e. The third-order valence-electron chi connectivity index (χ3n) is 3.86. The smallest absolute Gasteiger partial charge is 0.242 e. The first-order valence-electron chi connectivity index (χ1n) is 7.23. The molecule has 1 aliphatic heterocycles. The summed E-state index contributed by atoms with van der Waals surface area (Å²) >= 11 is 0. The molecule has 21 heavy (non-hydrogen) atoms. The van der Waals surface area contributed by atoms with Crippen molar-refractivity contribution in [3.63, 3.8) is 0 Å². The van der Waals surface area contributed by atoms with E-state index in [4.69, 9.17) is 4.74 Å². The lowest BCUT2D eigenvalue weighted by molar-refractivity contribution is 0.0957. The lowest BCUT2D eigenvalue weighted by atomic mass is 9.97. The molecule has 2 N–H and O–H groups in total. The van der Waals surface area contributed by atoms with Gasteiger partial charge in [-0.05, 0) is 38.8 Å². The summed E-state index contributed by atoms with van der Waals surface area (Å²) in [5.74, 6) is 0.680. The quantitative estimate of drug-likeness (QED) is 0.836. The Kier molecular flexibility index (Phi) is 4.85. The van der Waals surface area contributed by atoms with E-state index in [-0.39, 0.29) is 11.0 Å². The van der Waals surface area contributed by atoms with Gasteiger partial charge < -0.3 is 10.1 Å². The van der Waals surface area contributed by atoms with Crippen molar-refractivity contribution in [2.24, 2.45) is 0 Å². The van der Waals surface area contributed by atoms with Crippen molar-refractivity contribution in [2.75, 3.05) is 18.5 Å². The number of nitrogens with one attached hydrogen (secondary N) is 2. The maximum atomic E-state index is 12.4. The lowest BCUT2D eigenvalue weighted by Gasteiger charge is -2.28. The highest BCUT2D eigenvalue weighted by Crippen LogP contribution is 2.27. The van der Waals surface area contributed by atoms with E-state index in [9.17, 15) is 8.42 Å². The second kappa shape index (κ2) is 6.29. The van der Waals surface area contributed by atoms with Gasteiger partial charge in [-0.1, -0.05) is 6.92 Å². The van der Waals surface area contributed by atoms with Gasteiger partial charge in [0.05, 0.1) is 11.6 Å². The van der Waals surface area contributed by atoms with Gasteiger partial charge in [0.15, 0.2) is 0 Å². The first-order valence-corrected chi connectivity index (χ1v) is 8.71. The average Bonchev–Trinajstić information content (AvgIpc) is 2.75. The van der Waals surface area contributed by atoms with Gasteiger partial charge in [0.2, 0.25) is 10.0 Å². The molecular weight excluding hydrogens is 290 g/mol. The monoisotopic (exact) mass is 313 g/mol. The summed E-state index contributed by atoms with van der Waals surface area (Å²) in [6, 6.07) is 3.25. The number of pyridine rings is 1. The molecule has 0 radical (unpaired) electrons. The molecule has 1 fully saturated rings. The molecule has 2 rings (SSSR count). The molecule has 1 aromatic rings. The normalized spacial score (nSPS) is 26.0. The standard InChI is InChI=1S/C14H23N3O3S/c1-4-8-15-13-6-5-12(10-16-13)21(18,19)17-14(3)7-9-20-11(14)2/h5-6,10-11,17H,4,7-9H2,1-3H3,(H,15,16). The molecule has 0 bridgehead atoms. The Labute approximate surface area is 126 Å². The fourth-order valence-electron chi connectivity index (χ4n) is 2.23. The number of nitrogens with zero attached hydrogens (tertiary/aromatic N) is 1. The Morgan fingerprint density at radius 1 is 1.48 bits per heavy atom. The van der Waals surface area contributed by atoms with Gasteiger partial charge >= 0.3 is 0 Å². The minimum atomic E-state index is -3.59. The summed E-state index contributed by atoms with van der Waals surface area (Å²) in [7, 11) is -3.59. The van der Waals surface area contributed by atoms with Crippen LogP contribution in [0.1, 0.15) is 33.6 Å². The number of sulfonamides is 1. The lowest BCUT2D eigenvalue weighted by Crippen LogP contribution is -2.50. The predicted octanol–water partition coefficient (Wildman–Crippen LogP) is 1.75. The Morgan fingerprint density at radius 3 is 2.76 bits per heavy atom. The van der Waals surface area contributed by atoms with Crippen molar-refractivity contribution in [1.82, 2.24) is 9.71 Å². The molecule has 0 spiro atoms.